The molecule has 1 saturated carbocycles. The zero-order chi connectivity index (χ0) is 20.1. The lowest BCUT2D eigenvalue weighted by Crippen LogP contribution is -2.34. The Bertz CT molecular complexity index is 992. The largest absolute Gasteiger partial charge is 0.249 e. The van der Waals surface area contributed by atoms with Gasteiger partial charge >= 0.3 is 0 Å². The highest BCUT2D eigenvalue weighted by molar-refractivity contribution is 7.89. The van der Waals surface area contributed by atoms with E-state index in [1.807, 2.05) is 0 Å². The van der Waals surface area contributed by atoms with Crippen LogP contribution in [0.25, 0.3) is 0 Å². The Balaban J connectivity index is 2.11. The van der Waals surface area contributed by atoms with E-state index in [0.29, 0.717) is 22.7 Å². The summed E-state index contributed by atoms with van der Waals surface area (Å²) in [5, 5.41) is 0. The predicted molar refractivity (Wildman–Crippen MR) is 83.1 cm³/mol. The van der Waals surface area contributed by atoms with Gasteiger partial charge in [0.15, 0.2) is 28.2 Å². The Morgan fingerprint density at radius 1 is 0.926 bits per heavy atom. The summed E-state index contributed by atoms with van der Waals surface area (Å²) < 4.78 is 108. The van der Waals surface area contributed by atoms with Gasteiger partial charge in [-0.05, 0) is 31.4 Å². The van der Waals surface area contributed by atoms with Gasteiger partial charge in [0.25, 0.3) is 0 Å². The molecule has 0 unspecified atom stereocenters. The van der Waals surface area contributed by atoms with E-state index in [1.165, 1.54) is 12.1 Å². The Hall–Kier alpha value is -2.07. The molecule has 0 N–H and O–H groups in total. The van der Waals surface area contributed by atoms with E-state index >= 15 is 0 Å². The minimum absolute atomic E-state index is 0.0834. The molecule has 3 nitrogen and oxygen atoms in total. The molecule has 0 heterocycles. The second-order valence-electron chi connectivity index (χ2n) is 6.28. The molecule has 0 saturated heterocycles. The average molecular weight is 409 g/mol. The fourth-order valence-corrected chi connectivity index (χ4v) is 4.43. The van der Waals surface area contributed by atoms with Gasteiger partial charge in [-0.25, -0.2) is 34.8 Å². The fraction of sp³-hybridized carbons (Fsp3) is 0.294. The third-order valence-electron chi connectivity index (χ3n) is 4.23. The van der Waals surface area contributed by atoms with Crippen LogP contribution in [0, 0.1) is 41.8 Å². The van der Waals surface area contributed by atoms with Gasteiger partial charge in [-0.1, -0.05) is 12.1 Å². The van der Waals surface area contributed by atoms with Crippen molar-refractivity contribution in [2.45, 2.75) is 37.2 Å². The second-order valence-corrected chi connectivity index (χ2v) is 8.10. The summed E-state index contributed by atoms with van der Waals surface area (Å²) in [5.41, 5.74) is 0.483. The fourth-order valence-electron chi connectivity index (χ4n) is 2.65. The van der Waals surface area contributed by atoms with Crippen molar-refractivity contribution >= 4 is 10.0 Å². The van der Waals surface area contributed by atoms with E-state index in [9.17, 15) is 34.8 Å². The summed E-state index contributed by atoms with van der Waals surface area (Å²) in [6.07, 6.45) is 0.643. The van der Waals surface area contributed by atoms with Crippen LogP contribution in [0.1, 0.15) is 24.0 Å². The molecule has 1 aliphatic rings. The number of aryl methyl sites for hydroxylation is 1. The maximum Gasteiger partial charge on any atom is 0.249 e. The number of sulfonamides is 1. The SMILES string of the molecule is Cc1ccc(CN(C2CC2)S(=O)(=O)c2c(F)c(F)c(F)c(F)c2F)c(F)c1. The van der Waals surface area contributed by atoms with Gasteiger partial charge in [0.1, 0.15) is 5.82 Å². The molecule has 1 aliphatic carbocycles. The Morgan fingerprint density at radius 2 is 1.44 bits per heavy atom. The topological polar surface area (TPSA) is 37.4 Å². The second kappa shape index (κ2) is 6.83. The van der Waals surface area contributed by atoms with Crippen molar-refractivity contribution in [3.63, 3.8) is 0 Å². The van der Waals surface area contributed by atoms with Crippen molar-refractivity contribution in [3.8, 4) is 0 Å². The van der Waals surface area contributed by atoms with Crippen LogP contribution in [-0.4, -0.2) is 18.8 Å². The molecule has 146 valence electrons. The molecular formula is C17H13F6NO2S. The maximum atomic E-state index is 14.1. The molecule has 2 aromatic rings. The molecule has 10 heteroatoms. The van der Waals surface area contributed by atoms with E-state index in [4.69, 9.17) is 0 Å². The third-order valence-corrected chi connectivity index (χ3v) is 6.14. The quantitative estimate of drug-likeness (QED) is 0.422. The first-order chi connectivity index (χ1) is 12.6. The van der Waals surface area contributed by atoms with Crippen LogP contribution in [0.3, 0.4) is 0 Å². The number of rotatable bonds is 5. The number of hydrogen-bond acceptors (Lipinski definition) is 2. The van der Waals surface area contributed by atoms with Crippen molar-refractivity contribution in [2.75, 3.05) is 0 Å². The highest BCUT2D eigenvalue weighted by Crippen LogP contribution is 2.37. The van der Waals surface area contributed by atoms with Crippen LogP contribution in [-0.2, 0) is 16.6 Å². The molecule has 0 spiro atoms. The minimum atomic E-state index is -5.12. The Kier molecular flexibility index (Phi) is 4.98. The van der Waals surface area contributed by atoms with Gasteiger partial charge in [0.2, 0.25) is 15.8 Å². The smallest absolute Gasteiger partial charge is 0.207 e. The molecule has 0 atom stereocenters. The molecule has 0 aromatic heterocycles. The first-order valence-corrected chi connectivity index (χ1v) is 9.28. The van der Waals surface area contributed by atoms with Crippen molar-refractivity contribution in [1.29, 1.82) is 0 Å². The first kappa shape index (κ1) is 19.7. The minimum Gasteiger partial charge on any atom is -0.207 e. The van der Waals surface area contributed by atoms with E-state index < -0.39 is 62.4 Å². The van der Waals surface area contributed by atoms with Crippen molar-refractivity contribution < 1.29 is 34.8 Å². The molecule has 0 bridgehead atoms. The van der Waals surface area contributed by atoms with E-state index in [1.54, 1.807) is 6.92 Å². The molecule has 0 aliphatic heterocycles. The Labute approximate surface area is 151 Å². The lowest BCUT2D eigenvalue weighted by atomic mass is 10.1. The Morgan fingerprint density at radius 3 is 1.93 bits per heavy atom. The van der Waals surface area contributed by atoms with Crippen molar-refractivity contribution in [2.24, 2.45) is 0 Å². The predicted octanol–water partition coefficient (Wildman–Crippen LogP) is 4.18. The van der Waals surface area contributed by atoms with E-state index in [-0.39, 0.29) is 5.56 Å². The van der Waals surface area contributed by atoms with Gasteiger partial charge in [-0.15, -0.1) is 0 Å². The number of halogens is 6. The summed E-state index contributed by atoms with van der Waals surface area (Å²) in [6.45, 7) is 1.01. The van der Waals surface area contributed by atoms with Gasteiger partial charge in [-0.3, -0.25) is 0 Å². The van der Waals surface area contributed by atoms with Crippen LogP contribution in [0.15, 0.2) is 23.1 Å². The van der Waals surface area contributed by atoms with Gasteiger partial charge < -0.3 is 0 Å². The number of nitrogens with zero attached hydrogens (tertiary/aromatic N) is 1. The van der Waals surface area contributed by atoms with Crippen LogP contribution < -0.4 is 0 Å². The van der Waals surface area contributed by atoms with E-state index in [0.717, 1.165) is 6.07 Å². The zero-order valence-corrected chi connectivity index (χ0v) is 14.7. The van der Waals surface area contributed by atoms with E-state index in [2.05, 4.69) is 0 Å². The third kappa shape index (κ3) is 3.43. The molecule has 1 fully saturated rings. The summed E-state index contributed by atoms with van der Waals surface area (Å²) in [4.78, 5) is -1.93. The monoisotopic (exact) mass is 409 g/mol. The standard InChI is InChI=1S/C17H13F6NO2S/c1-8-2-3-9(11(18)6-8)7-24(10-4-5-10)27(25,26)17-15(22)13(20)12(19)14(21)16(17)23/h2-3,6,10H,4-5,7H2,1H3. The molecule has 3 rings (SSSR count). The molecule has 0 radical (unpaired) electrons. The summed E-state index contributed by atoms with van der Waals surface area (Å²) in [6, 6.07) is 3.24. The molecule has 2 aromatic carbocycles. The van der Waals surface area contributed by atoms with Gasteiger partial charge in [0.05, 0.1) is 0 Å². The summed E-state index contributed by atoms with van der Waals surface area (Å²) in [5.74, 6) is -12.8. The normalized spacial score (nSPS) is 14.8. The highest BCUT2D eigenvalue weighted by atomic mass is 32.2. The highest BCUT2D eigenvalue weighted by Gasteiger charge is 2.43. The lowest BCUT2D eigenvalue weighted by molar-refractivity contribution is 0.345. The van der Waals surface area contributed by atoms with Gasteiger partial charge in [0, 0.05) is 18.2 Å². The van der Waals surface area contributed by atoms with Crippen LogP contribution in [0.2, 0.25) is 0 Å². The summed E-state index contributed by atoms with van der Waals surface area (Å²) >= 11 is 0. The zero-order valence-electron chi connectivity index (χ0n) is 13.9. The molecular weight excluding hydrogens is 396 g/mol. The molecule has 0 amide bonds. The summed E-state index contributed by atoms with van der Waals surface area (Å²) in [7, 11) is -5.12. The van der Waals surface area contributed by atoms with Crippen LogP contribution in [0.5, 0.6) is 0 Å². The lowest BCUT2D eigenvalue weighted by Gasteiger charge is -2.23. The van der Waals surface area contributed by atoms with Crippen LogP contribution >= 0.6 is 0 Å². The number of hydrogen-bond donors (Lipinski definition) is 0. The first-order valence-electron chi connectivity index (χ1n) is 7.84. The average Bonchev–Trinajstić information content (AvgIpc) is 3.42. The van der Waals surface area contributed by atoms with Crippen LogP contribution in [0.4, 0.5) is 26.3 Å². The van der Waals surface area contributed by atoms with Gasteiger partial charge in [-0.2, -0.15) is 4.31 Å². The van der Waals surface area contributed by atoms with Crippen molar-refractivity contribution in [3.05, 3.63) is 64.2 Å². The number of benzene rings is 2. The van der Waals surface area contributed by atoms with Crippen molar-refractivity contribution in [1.82, 2.24) is 4.31 Å². The maximum absolute atomic E-state index is 14.1. The molecule has 27 heavy (non-hydrogen) atoms.